The minimum absolute atomic E-state index is 0.0327. The molecule has 1 N–H and O–H groups in total. The van der Waals surface area contributed by atoms with Crippen molar-refractivity contribution in [2.24, 2.45) is 11.3 Å². The highest BCUT2D eigenvalue weighted by atomic mass is 32.2. The summed E-state index contributed by atoms with van der Waals surface area (Å²) in [5.41, 5.74) is -0.149. The largest absolute Gasteiger partial charge is 0.319 e. The number of carbonyl (C=O) groups is 2. The van der Waals surface area contributed by atoms with Crippen LogP contribution in [0.5, 0.6) is 0 Å². The average molecular weight is 459 g/mol. The van der Waals surface area contributed by atoms with Crippen molar-refractivity contribution in [2.75, 3.05) is 22.2 Å². The fourth-order valence-electron chi connectivity index (χ4n) is 3.86. The average Bonchev–Trinajstić information content (AvgIpc) is 3.06. The van der Waals surface area contributed by atoms with Crippen LogP contribution < -0.4 is 10.2 Å². The summed E-state index contributed by atoms with van der Waals surface area (Å²) in [5.74, 6) is -2.00. The van der Waals surface area contributed by atoms with E-state index in [0.29, 0.717) is 12.1 Å². The number of nitrogens with zero attached hydrogens (tertiary/aromatic N) is 3. The minimum Gasteiger partial charge on any atom is -0.319 e. The first-order valence-electron chi connectivity index (χ1n) is 9.66. The van der Waals surface area contributed by atoms with Crippen molar-refractivity contribution >= 4 is 39.1 Å². The lowest BCUT2D eigenvalue weighted by Crippen LogP contribution is -2.45. The van der Waals surface area contributed by atoms with Crippen molar-refractivity contribution in [3.05, 3.63) is 40.9 Å². The van der Waals surface area contributed by atoms with Gasteiger partial charge in [0.25, 0.3) is 0 Å². The molecule has 0 aliphatic carbocycles. The summed E-state index contributed by atoms with van der Waals surface area (Å²) in [7, 11) is -3.20. The number of hydrogen-bond donors (Lipinski definition) is 1. The smallest absolute Gasteiger partial charge is 0.243 e. The quantitative estimate of drug-likeness (QED) is 0.713. The maximum Gasteiger partial charge on any atom is 0.243 e. The van der Waals surface area contributed by atoms with Crippen LogP contribution in [0.15, 0.2) is 40.9 Å². The van der Waals surface area contributed by atoms with Crippen LogP contribution in [0.3, 0.4) is 0 Å². The minimum atomic E-state index is -3.20. The maximum atomic E-state index is 13.2. The molecule has 0 bridgehead atoms. The van der Waals surface area contributed by atoms with Gasteiger partial charge in [0.1, 0.15) is 5.92 Å². The van der Waals surface area contributed by atoms with Crippen molar-refractivity contribution < 1.29 is 18.0 Å². The van der Waals surface area contributed by atoms with Crippen LogP contribution in [0, 0.1) is 34.0 Å². The van der Waals surface area contributed by atoms with E-state index < -0.39 is 33.1 Å². The van der Waals surface area contributed by atoms with Crippen LogP contribution in [-0.2, 0) is 19.4 Å². The molecular formula is C21H22N4O4S2. The third-order valence-electron chi connectivity index (χ3n) is 5.55. The zero-order valence-corrected chi connectivity index (χ0v) is 18.8. The predicted molar refractivity (Wildman–Crippen MR) is 117 cm³/mol. The Hall–Kier alpha value is -2.82. The molecule has 0 aromatic heterocycles. The van der Waals surface area contributed by atoms with Gasteiger partial charge in [-0.3, -0.25) is 9.59 Å². The number of allylic oxidation sites excluding steroid dienone is 1. The molecule has 0 unspecified atom stereocenters. The van der Waals surface area contributed by atoms with Gasteiger partial charge < -0.3 is 10.2 Å². The summed E-state index contributed by atoms with van der Waals surface area (Å²) < 4.78 is 24.0. The Labute approximate surface area is 185 Å². The van der Waals surface area contributed by atoms with Crippen molar-refractivity contribution in [1.29, 1.82) is 10.5 Å². The molecule has 162 valence electrons. The fraction of sp³-hybridized carbons (Fsp3) is 0.429. The molecule has 2 heterocycles. The van der Waals surface area contributed by atoms with Crippen LogP contribution >= 0.6 is 11.8 Å². The third-order valence-corrected chi connectivity index (χ3v) is 8.29. The molecule has 8 nitrogen and oxygen atoms in total. The molecular weight excluding hydrogens is 436 g/mol. The van der Waals surface area contributed by atoms with Gasteiger partial charge in [-0.15, -0.1) is 0 Å². The first kappa shape index (κ1) is 22.9. The van der Waals surface area contributed by atoms with Crippen molar-refractivity contribution in [3.63, 3.8) is 0 Å². The molecule has 2 aliphatic heterocycles. The number of sulfone groups is 1. The first-order valence-corrected chi connectivity index (χ1v) is 12.5. The van der Waals surface area contributed by atoms with Gasteiger partial charge >= 0.3 is 0 Å². The van der Waals surface area contributed by atoms with Crippen molar-refractivity contribution in [2.45, 2.75) is 26.3 Å². The summed E-state index contributed by atoms with van der Waals surface area (Å²) in [4.78, 5) is 27.0. The number of amides is 2. The highest BCUT2D eigenvalue weighted by molar-refractivity contribution is 8.03. The summed E-state index contributed by atoms with van der Waals surface area (Å²) in [5, 5.41) is 21.8. The summed E-state index contributed by atoms with van der Waals surface area (Å²) >= 11 is 1.01. The molecule has 1 saturated heterocycles. The van der Waals surface area contributed by atoms with Crippen molar-refractivity contribution in [1.82, 2.24) is 5.32 Å². The number of nitriles is 2. The zero-order valence-electron chi connectivity index (χ0n) is 17.2. The van der Waals surface area contributed by atoms with Crippen LogP contribution in [0.25, 0.3) is 0 Å². The lowest BCUT2D eigenvalue weighted by atomic mass is 9.72. The molecule has 2 atom stereocenters. The monoisotopic (exact) mass is 458 g/mol. The molecule has 1 aromatic rings. The van der Waals surface area contributed by atoms with Gasteiger partial charge in [0, 0.05) is 11.1 Å². The molecule has 0 spiro atoms. The number of carbonyl (C=O) groups excluding carboxylic acids is 2. The first-order chi connectivity index (χ1) is 14.6. The second kappa shape index (κ2) is 8.74. The molecule has 3 rings (SSSR count). The highest BCUT2D eigenvalue weighted by Crippen LogP contribution is 2.42. The Morgan fingerprint density at radius 2 is 1.97 bits per heavy atom. The van der Waals surface area contributed by atoms with E-state index in [4.69, 9.17) is 0 Å². The van der Waals surface area contributed by atoms with Gasteiger partial charge in [0.15, 0.2) is 9.84 Å². The zero-order chi connectivity index (χ0) is 22.8. The summed E-state index contributed by atoms with van der Waals surface area (Å²) in [6.07, 6.45) is 0.355. The van der Waals surface area contributed by atoms with Gasteiger partial charge in [0.2, 0.25) is 11.8 Å². The Bertz CT molecular complexity index is 1110. The molecule has 1 aromatic carbocycles. The molecule has 2 amide bonds. The number of hydrogen-bond acceptors (Lipinski definition) is 7. The van der Waals surface area contributed by atoms with Crippen LogP contribution in [0.2, 0.25) is 0 Å². The SMILES string of the molecule is CC1(C)C(C#N)=C(SCC(=O)N(c2ccccc2)[C@@H]2CCS(=O)(=O)C2)NC(=O)[C@@H]1C#N. The van der Waals surface area contributed by atoms with Gasteiger partial charge in [-0.2, -0.15) is 10.5 Å². The standard InChI is InChI=1S/C21H22N4O4S2/c1-21(2)16(10-22)19(27)24-20(17(21)11-23)30-12-18(26)25(14-6-4-3-5-7-14)15-8-9-31(28,29)13-15/h3-7,15-16H,8-9,12-13H2,1-2H3,(H,24,27)/t15-,16+/m1/s1. The molecule has 0 radical (unpaired) electrons. The number of nitrogens with one attached hydrogen (secondary N) is 1. The third kappa shape index (κ3) is 4.60. The molecule has 31 heavy (non-hydrogen) atoms. The van der Waals surface area contributed by atoms with E-state index in [0.717, 1.165) is 11.8 Å². The van der Waals surface area contributed by atoms with Gasteiger partial charge in [-0.05, 0) is 18.6 Å². The van der Waals surface area contributed by atoms with E-state index in [9.17, 15) is 28.5 Å². The van der Waals surface area contributed by atoms with E-state index in [1.54, 1.807) is 38.1 Å². The van der Waals surface area contributed by atoms with Crippen LogP contribution in [-0.4, -0.2) is 43.5 Å². The normalized spacial score (nSPS) is 24.1. The van der Waals surface area contributed by atoms with Crippen LogP contribution in [0.4, 0.5) is 5.69 Å². The van der Waals surface area contributed by atoms with Crippen molar-refractivity contribution in [3.8, 4) is 12.1 Å². The number of para-hydroxylation sites is 1. The van der Waals surface area contributed by atoms with Gasteiger partial charge in [-0.25, -0.2) is 8.42 Å². The Morgan fingerprint density at radius 1 is 1.29 bits per heavy atom. The summed E-state index contributed by atoms with van der Waals surface area (Å²) in [6.45, 7) is 3.31. The second-order valence-electron chi connectivity index (χ2n) is 8.03. The Morgan fingerprint density at radius 3 is 2.52 bits per heavy atom. The molecule has 2 aliphatic rings. The van der Waals surface area contributed by atoms with E-state index in [-0.39, 0.29) is 33.8 Å². The van der Waals surface area contributed by atoms with E-state index in [1.807, 2.05) is 12.1 Å². The number of thioether (sulfide) groups is 1. The van der Waals surface area contributed by atoms with E-state index in [2.05, 4.69) is 11.4 Å². The predicted octanol–water partition coefficient (Wildman–Crippen LogP) is 1.97. The number of benzene rings is 1. The van der Waals surface area contributed by atoms with E-state index >= 15 is 0 Å². The fourth-order valence-corrected chi connectivity index (χ4v) is 6.60. The van der Waals surface area contributed by atoms with Gasteiger partial charge in [-0.1, -0.05) is 43.8 Å². The molecule has 1 fully saturated rings. The Kier molecular flexibility index (Phi) is 6.44. The lowest BCUT2D eigenvalue weighted by molar-refractivity contribution is -0.125. The number of anilines is 1. The number of rotatable bonds is 5. The second-order valence-corrected chi connectivity index (χ2v) is 11.2. The highest BCUT2D eigenvalue weighted by Gasteiger charge is 2.45. The Balaban J connectivity index is 1.86. The maximum absolute atomic E-state index is 13.2. The topological polar surface area (TPSA) is 131 Å². The van der Waals surface area contributed by atoms with Crippen LogP contribution in [0.1, 0.15) is 20.3 Å². The lowest BCUT2D eigenvalue weighted by Gasteiger charge is -2.34. The molecule has 0 saturated carbocycles. The van der Waals surface area contributed by atoms with E-state index in [1.165, 1.54) is 4.90 Å². The molecule has 10 heteroatoms. The summed E-state index contributed by atoms with van der Waals surface area (Å²) in [6, 6.07) is 12.4. The van der Waals surface area contributed by atoms with Gasteiger partial charge in [0.05, 0.1) is 46.0 Å².